The van der Waals surface area contributed by atoms with Gasteiger partial charge in [0.2, 0.25) is 11.8 Å². The van der Waals surface area contributed by atoms with Gasteiger partial charge in [0, 0.05) is 31.7 Å². The summed E-state index contributed by atoms with van der Waals surface area (Å²) in [5, 5.41) is 5.15. The first-order chi connectivity index (χ1) is 15.5. The van der Waals surface area contributed by atoms with Crippen LogP contribution in [0.2, 0.25) is 0 Å². The molecule has 32 heavy (non-hydrogen) atoms. The summed E-state index contributed by atoms with van der Waals surface area (Å²) in [5.74, 6) is -1.24. The van der Waals surface area contributed by atoms with Gasteiger partial charge in [0.15, 0.2) is 0 Å². The lowest BCUT2D eigenvalue weighted by molar-refractivity contribution is -0.134. The van der Waals surface area contributed by atoms with Gasteiger partial charge in [-0.2, -0.15) is 4.68 Å². The highest BCUT2D eigenvalue weighted by atomic mass is 32.1. The van der Waals surface area contributed by atoms with Gasteiger partial charge in [-0.3, -0.25) is 9.69 Å². The number of para-hydroxylation sites is 1. The van der Waals surface area contributed by atoms with E-state index in [1.807, 2.05) is 18.2 Å². The molecule has 0 unspecified atom stereocenters. The first-order valence-corrected chi connectivity index (χ1v) is 11.1. The Morgan fingerprint density at radius 3 is 2.56 bits per heavy atom. The van der Waals surface area contributed by atoms with Crippen LogP contribution in [-0.2, 0) is 17.9 Å². The zero-order valence-electron chi connectivity index (χ0n) is 17.1. The van der Waals surface area contributed by atoms with Gasteiger partial charge in [-0.1, -0.05) is 12.1 Å². The molecule has 0 atom stereocenters. The van der Waals surface area contributed by atoms with E-state index in [0.29, 0.717) is 18.7 Å². The second kappa shape index (κ2) is 8.64. The number of amides is 1. The van der Waals surface area contributed by atoms with Crippen LogP contribution < -0.4 is 5.76 Å². The molecule has 1 saturated heterocycles. The Labute approximate surface area is 186 Å². The van der Waals surface area contributed by atoms with E-state index >= 15 is 0 Å². The Bertz CT molecular complexity index is 1270. The van der Waals surface area contributed by atoms with Crippen LogP contribution in [0.5, 0.6) is 0 Å². The molecule has 0 radical (unpaired) electrons. The first-order valence-electron chi connectivity index (χ1n) is 10.2. The Kier molecular flexibility index (Phi) is 5.54. The van der Waals surface area contributed by atoms with Crippen molar-refractivity contribution in [3.8, 4) is 11.5 Å². The molecule has 1 aliphatic heterocycles. The maximum absolute atomic E-state index is 13.1. The van der Waals surface area contributed by atoms with Gasteiger partial charge in [0.1, 0.15) is 17.4 Å². The fraction of sp³-hybridized carbons (Fsp3) is 0.273. The van der Waals surface area contributed by atoms with Gasteiger partial charge < -0.3 is 9.32 Å². The summed E-state index contributed by atoms with van der Waals surface area (Å²) < 4.78 is 20.4. The predicted octanol–water partition coefficient (Wildman–Crippen LogP) is 2.60. The Hall–Kier alpha value is -3.37. The molecule has 4 aromatic rings. The van der Waals surface area contributed by atoms with E-state index < -0.39 is 11.6 Å². The quantitative estimate of drug-likeness (QED) is 0.462. The van der Waals surface area contributed by atoms with E-state index in [9.17, 15) is 14.0 Å². The summed E-state index contributed by atoms with van der Waals surface area (Å²) in [7, 11) is 0. The van der Waals surface area contributed by atoms with Crippen molar-refractivity contribution >= 4 is 27.5 Å². The second-order valence-corrected chi connectivity index (χ2v) is 8.69. The molecule has 8 nitrogen and oxygen atoms in total. The average Bonchev–Trinajstić information content (AvgIpc) is 3.37. The van der Waals surface area contributed by atoms with E-state index in [0.717, 1.165) is 34.8 Å². The molecule has 0 aliphatic carbocycles. The van der Waals surface area contributed by atoms with E-state index in [-0.39, 0.29) is 18.3 Å². The number of aromatic nitrogens is 3. The number of hydrogen-bond acceptors (Lipinski definition) is 7. The molecule has 164 valence electrons. The molecule has 5 rings (SSSR count). The predicted molar refractivity (Wildman–Crippen MR) is 118 cm³/mol. The van der Waals surface area contributed by atoms with E-state index in [4.69, 9.17) is 4.42 Å². The number of nitrogens with zero attached hydrogens (tertiary/aromatic N) is 5. The van der Waals surface area contributed by atoms with Crippen molar-refractivity contribution < 1.29 is 13.6 Å². The van der Waals surface area contributed by atoms with Gasteiger partial charge in [-0.15, -0.1) is 16.4 Å². The molecule has 1 amide bonds. The van der Waals surface area contributed by atoms with Gasteiger partial charge in [-0.25, -0.2) is 14.2 Å². The molecule has 1 aliphatic rings. The van der Waals surface area contributed by atoms with Crippen LogP contribution in [0.4, 0.5) is 4.39 Å². The third-order valence-electron chi connectivity index (χ3n) is 5.40. The van der Waals surface area contributed by atoms with Crippen LogP contribution in [0.15, 0.2) is 57.7 Å². The number of halogens is 1. The largest absolute Gasteiger partial charge is 0.437 e. The number of benzene rings is 2. The SMILES string of the molecule is O=C(Cn1nc(-c2ccc(F)cc2)oc1=O)N1CCN(Cc2nc3ccccc3s2)CC1. The molecule has 0 N–H and O–H groups in total. The second-order valence-electron chi connectivity index (χ2n) is 7.57. The van der Waals surface area contributed by atoms with Gasteiger partial charge in [0.25, 0.3) is 0 Å². The minimum Gasteiger partial charge on any atom is -0.388 e. The number of piperazine rings is 1. The van der Waals surface area contributed by atoms with Crippen LogP contribution in [0.25, 0.3) is 21.7 Å². The smallest absolute Gasteiger partial charge is 0.388 e. The van der Waals surface area contributed by atoms with Crippen molar-refractivity contribution in [2.75, 3.05) is 26.2 Å². The van der Waals surface area contributed by atoms with E-state index in [1.165, 1.54) is 29.0 Å². The minimum absolute atomic E-state index is 0.0588. The zero-order valence-corrected chi connectivity index (χ0v) is 17.9. The monoisotopic (exact) mass is 453 g/mol. The highest BCUT2D eigenvalue weighted by Crippen LogP contribution is 2.23. The molecule has 0 saturated carbocycles. The van der Waals surface area contributed by atoms with Crippen molar-refractivity contribution in [3.05, 3.63) is 69.9 Å². The lowest BCUT2D eigenvalue weighted by Gasteiger charge is -2.34. The highest BCUT2D eigenvalue weighted by Gasteiger charge is 2.23. The number of fused-ring (bicyclic) bond motifs is 1. The standard InChI is InChI=1S/C22H20FN5O3S/c23-16-7-5-15(6-8-16)21-25-28(22(30)31-21)14-20(29)27-11-9-26(10-12-27)13-19-24-17-3-1-2-4-18(17)32-19/h1-8H,9-14H2. The molecule has 10 heteroatoms. The Balaban J connectivity index is 1.18. The van der Waals surface area contributed by atoms with Crippen molar-refractivity contribution in [2.45, 2.75) is 13.1 Å². The molecule has 2 aromatic heterocycles. The minimum atomic E-state index is -0.716. The number of carbonyl (C=O) groups is 1. The van der Waals surface area contributed by atoms with E-state index in [1.54, 1.807) is 16.2 Å². The molecule has 3 heterocycles. The highest BCUT2D eigenvalue weighted by molar-refractivity contribution is 7.18. The lowest BCUT2D eigenvalue weighted by atomic mass is 10.2. The van der Waals surface area contributed by atoms with Crippen molar-refractivity contribution in [3.63, 3.8) is 0 Å². The van der Waals surface area contributed by atoms with Crippen molar-refractivity contribution in [1.82, 2.24) is 24.6 Å². The molecule has 1 fully saturated rings. The fourth-order valence-electron chi connectivity index (χ4n) is 3.68. The maximum Gasteiger partial charge on any atom is 0.437 e. The average molecular weight is 453 g/mol. The van der Waals surface area contributed by atoms with Gasteiger partial charge in [-0.05, 0) is 36.4 Å². The summed E-state index contributed by atoms with van der Waals surface area (Å²) in [5.41, 5.74) is 1.48. The van der Waals surface area contributed by atoms with Crippen LogP contribution in [0, 0.1) is 5.82 Å². The molecule has 0 spiro atoms. The maximum atomic E-state index is 13.1. The third-order valence-corrected chi connectivity index (χ3v) is 6.43. The molecular formula is C22H20FN5O3S. The third kappa shape index (κ3) is 4.32. The number of rotatable bonds is 5. The van der Waals surface area contributed by atoms with Gasteiger partial charge >= 0.3 is 5.76 Å². The summed E-state index contributed by atoms with van der Waals surface area (Å²) in [4.78, 5) is 33.5. The van der Waals surface area contributed by atoms with Crippen LogP contribution in [-0.4, -0.2) is 56.7 Å². The normalized spacial score (nSPS) is 14.8. The van der Waals surface area contributed by atoms with Crippen LogP contribution in [0.1, 0.15) is 5.01 Å². The fourth-order valence-corrected chi connectivity index (χ4v) is 4.69. The molecular weight excluding hydrogens is 433 g/mol. The summed E-state index contributed by atoms with van der Waals surface area (Å²) in [6.07, 6.45) is 0. The first kappa shape index (κ1) is 20.5. The number of thiazole rings is 1. The summed E-state index contributed by atoms with van der Waals surface area (Å²) in [6.45, 7) is 3.17. The molecule has 0 bridgehead atoms. The molecule has 2 aromatic carbocycles. The zero-order chi connectivity index (χ0) is 22.1. The van der Waals surface area contributed by atoms with Crippen molar-refractivity contribution in [2.24, 2.45) is 0 Å². The van der Waals surface area contributed by atoms with Crippen LogP contribution >= 0.6 is 11.3 Å². The Morgan fingerprint density at radius 1 is 1.06 bits per heavy atom. The lowest BCUT2D eigenvalue weighted by Crippen LogP contribution is -2.49. The van der Waals surface area contributed by atoms with Gasteiger partial charge in [0.05, 0.1) is 16.8 Å². The van der Waals surface area contributed by atoms with E-state index in [2.05, 4.69) is 21.0 Å². The summed E-state index contributed by atoms with van der Waals surface area (Å²) >= 11 is 1.69. The van der Waals surface area contributed by atoms with Crippen molar-refractivity contribution in [1.29, 1.82) is 0 Å². The topological polar surface area (TPSA) is 84.5 Å². The number of carbonyl (C=O) groups excluding carboxylic acids is 1. The van der Waals surface area contributed by atoms with Crippen LogP contribution in [0.3, 0.4) is 0 Å². The Morgan fingerprint density at radius 2 is 1.81 bits per heavy atom. The number of hydrogen-bond donors (Lipinski definition) is 0. The summed E-state index contributed by atoms with van der Waals surface area (Å²) in [6, 6.07) is 13.5.